The molecule has 0 radical (unpaired) electrons. The van der Waals surface area contributed by atoms with Crippen LogP contribution in [0.2, 0.25) is 0 Å². The Kier molecular flexibility index (Phi) is 6.50. The summed E-state index contributed by atoms with van der Waals surface area (Å²) in [4.78, 5) is 51.2. The highest BCUT2D eigenvalue weighted by molar-refractivity contribution is 6.25. The van der Waals surface area contributed by atoms with Gasteiger partial charge in [-0.25, -0.2) is 4.79 Å². The van der Waals surface area contributed by atoms with Crippen molar-refractivity contribution in [2.75, 3.05) is 13.7 Å². The highest BCUT2D eigenvalue weighted by atomic mass is 16.5. The first kappa shape index (κ1) is 21.5. The third kappa shape index (κ3) is 4.06. The fraction of sp³-hybridized carbons (Fsp3) is 0.391. The van der Waals surface area contributed by atoms with E-state index in [4.69, 9.17) is 4.74 Å². The van der Waals surface area contributed by atoms with Gasteiger partial charge in [0.2, 0.25) is 5.91 Å². The fourth-order valence-corrected chi connectivity index (χ4v) is 3.72. The molecular formula is C23H26N2O5. The van der Waals surface area contributed by atoms with E-state index in [1.165, 1.54) is 12.0 Å². The molecule has 1 N–H and O–H groups in total. The molecule has 3 rings (SSSR count). The van der Waals surface area contributed by atoms with Gasteiger partial charge in [-0.15, -0.1) is 0 Å². The molecule has 0 fully saturated rings. The molecule has 0 saturated heterocycles. The number of nitrogens with one attached hydrogen (secondary N) is 1. The molecule has 1 heterocycles. The number of benzene rings is 2. The van der Waals surface area contributed by atoms with Gasteiger partial charge in [-0.1, -0.05) is 44.5 Å². The highest BCUT2D eigenvalue weighted by Crippen LogP contribution is 2.30. The van der Waals surface area contributed by atoms with Gasteiger partial charge in [0.1, 0.15) is 6.04 Å². The zero-order valence-electron chi connectivity index (χ0n) is 17.4. The molecule has 0 aromatic heterocycles. The van der Waals surface area contributed by atoms with Crippen molar-refractivity contribution in [3.63, 3.8) is 0 Å². The molecule has 7 nitrogen and oxygen atoms in total. The Labute approximate surface area is 175 Å². The maximum Gasteiger partial charge on any atom is 0.328 e. The third-order valence-corrected chi connectivity index (χ3v) is 5.63. The van der Waals surface area contributed by atoms with Gasteiger partial charge in [-0.3, -0.25) is 19.3 Å². The van der Waals surface area contributed by atoms with E-state index >= 15 is 0 Å². The van der Waals surface area contributed by atoms with Crippen molar-refractivity contribution in [2.45, 2.75) is 39.2 Å². The Morgan fingerprint density at radius 2 is 1.67 bits per heavy atom. The minimum absolute atomic E-state index is 0.0661. The van der Waals surface area contributed by atoms with E-state index in [9.17, 15) is 19.2 Å². The molecule has 0 spiro atoms. The molecule has 1 aliphatic heterocycles. The zero-order chi connectivity index (χ0) is 21.8. The first-order valence-corrected chi connectivity index (χ1v) is 10.1. The highest BCUT2D eigenvalue weighted by Gasteiger charge is 2.32. The monoisotopic (exact) mass is 410 g/mol. The number of esters is 1. The molecule has 0 aliphatic carbocycles. The van der Waals surface area contributed by atoms with Gasteiger partial charge >= 0.3 is 5.97 Å². The van der Waals surface area contributed by atoms with E-state index in [0.717, 1.165) is 5.39 Å². The van der Waals surface area contributed by atoms with Crippen LogP contribution in [0.25, 0.3) is 10.8 Å². The van der Waals surface area contributed by atoms with Crippen molar-refractivity contribution in [3.05, 3.63) is 47.5 Å². The number of methoxy groups -OCH3 is 1. The van der Waals surface area contributed by atoms with E-state index in [-0.39, 0.29) is 36.6 Å². The summed E-state index contributed by atoms with van der Waals surface area (Å²) in [5.41, 5.74) is 0.990. The lowest BCUT2D eigenvalue weighted by atomic mass is 9.94. The molecule has 30 heavy (non-hydrogen) atoms. The van der Waals surface area contributed by atoms with Gasteiger partial charge in [-0.05, 0) is 29.9 Å². The summed E-state index contributed by atoms with van der Waals surface area (Å²) in [5, 5.41) is 4.24. The zero-order valence-corrected chi connectivity index (χ0v) is 17.4. The lowest BCUT2D eigenvalue weighted by Gasteiger charge is -2.27. The Hall–Kier alpha value is -3.22. The standard InChI is InChI=1S/C23H26N2O5/c1-4-14(2)20(23(29)30-3)24-18(26)12-7-13-25-21(27)16-10-5-8-15-9-6-11-17(19(15)16)22(25)28/h5-6,8-11,14,20H,4,7,12-13H2,1-3H3,(H,24,26)/t14-,20-/m1/s1. The predicted molar refractivity (Wildman–Crippen MR) is 112 cm³/mol. The Morgan fingerprint density at radius 1 is 1.07 bits per heavy atom. The van der Waals surface area contributed by atoms with E-state index in [0.29, 0.717) is 29.4 Å². The van der Waals surface area contributed by atoms with Crippen molar-refractivity contribution in [1.29, 1.82) is 0 Å². The molecular weight excluding hydrogens is 384 g/mol. The second-order valence-electron chi connectivity index (χ2n) is 7.53. The Balaban J connectivity index is 1.65. The van der Waals surface area contributed by atoms with Crippen LogP contribution >= 0.6 is 0 Å². The number of carbonyl (C=O) groups is 4. The van der Waals surface area contributed by atoms with Gasteiger partial charge in [0, 0.05) is 29.5 Å². The topological polar surface area (TPSA) is 92.8 Å². The molecule has 2 aromatic rings. The van der Waals surface area contributed by atoms with Gasteiger partial charge in [-0.2, -0.15) is 0 Å². The average molecular weight is 410 g/mol. The van der Waals surface area contributed by atoms with Crippen molar-refractivity contribution in [1.82, 2.24) is 10.2 Å². The van der Waals surface area contributed by atoms with Crippen LogP contribution in [0.4, 0.5) is 0 Å². The smallest absolute Gasteiger partial charge is 0.328 e. The van der Waals surface area contributed by atoms with E-state index < -0.39 is 12.0 Å². The summed E-state index contributed by atoms with van der Waals surface area (Å²) in [7, 11) is 1.29. The Morgan fingerprint density at radius 3 is 2.20 bits per heavy atom. The van der Waals surface area contributed by atoms with Gasteiger partial charge in [0.05, 0.1) is 7.11 Å². The largest absolute Gasteiger partial charge is 0.467 e. The van der Waals surface area contributed by atoms with Gasteiger partial charge in [0.25, 0.3) is 11.8 Å². The van der Waals surface area contributed by atoms with Gasteiger partial charge < -0.3 is 10.1 Å². The number of amides is 3. The molecule has 0 saturated carbocycles. The quantitative estimate of drug-likeness (QED) is 0.534. The maximum atomic E-state index is 12.9. The normalized spacial score (nSPS) is 15.1. The maximum absolute atomic E-state index is 12.9. The summed E-state index contributed by atoms with van der Waals surface area (Å²) < 4.78 is 4.77. The summed E-state index contributed by atoms with van der Waals surface area (Å²) >= 11 is 0. The number of imide groups is 1. The Bertz CT molecular complexity index is 950. The molecule has 0 unspecified atom stereocenters. The summed E-state index contributed by atoms with van der Waals surface area (Å²) in [6, 6.07) is 10.1. The lowest BCUT2D eigenvalue weighted by molar-refractivity contribution is -0.146. The van der Waals surface area contributed by atoms with E-state index in [1.54, 1.807) is 24.3 Å². The number of rotatable bonds is 8. The second kappa shape index (κ2) is 9.07. The predicted octanol–water partition coefficient (Wildman–Crippen LogP) is 2.92. The van der Waals surface area contributed by atoms with Crippen LogP contribution in [0.5, 0.6) is 0 Å². The van der Waals surface area contributed by atoms with Crippen molar-refractivity contribution >= 4 is 34.5 Å². The summed E-state index contributed by atoms with van der Waals surface area (Å²) in [5.74, 6) is -1.56. The van der Waals surface area contributed by atoms with Crippen LogP contribution in [-0.4, -0.2) is 48.3 Å². The number of carbonyl (C=O) groups excluding carboxylic acids is 4. The van der Waals surface area contributed by atoms with Crippen LogP contribution < -0.4 is 5.32 Å². The fourth-order valence-electron chi connectivity index (χ4n) is 3.72. The minimum atomic E-state index is -0.713. The second-order valence-corrected chi connectivity index (χ2v) is 7.53. The van der Waals surface area contributed by atoms with Crippen molar-refractivity contribution in [2.24, 2.45) is 5.92 Å². The SMILES string of the molecule is CC[C@@H](C)[C@@H](NC(=O)CCCN1C(=O)c2cccc3cccc(c23)C1=O)C(=O)OC. The number of hydrogen-bond donors (Lipinski definition) is 1. The molecule has 3 amide bonds. The number of ether oxygens (including phenoxy) is 1. The molecule has 2 atom stereocenters. The van der Waals surface area contributed by atoms with E-state index in [2.05, 4.69) is 5.32 Å². The van der Waals surface area contributed by atoms with Crippen molar-refractivity contribution < 1.29 is 23.9 Å². The summed E-state index contributed by atoms with van der Waals surface area (Å²) in [6.07, 6.45) is 1.10. The number of hydrogen-bond acceptors (Lipinski definition) is 5. The molecule has 7 heteroatoms. The van der Waals surface area contributed by atoms with Crippen LogP contribution in [-0.2, 0) is 14.3 Å². The molecule has 0 bridgehead atoms. The van der Waals surface area contributed by atoms with Crippen molar-refractivity contribution in [3.8, 4) is 0 Å². The van der Waals surface area contributed by atoms with E-state index in [1.807, 2.05) is 26.0 Å². The first-order chi connectivity index (χ1) is 14.4. The molecule has 1 aliphatic rings. The van der Waals surface area contributed by atoms with Crippen LogP contribution in [0.15, 0.2) is 36.4 Å². The first-order valence-electron chi connectivity index (χ1n) is 10.1. The minimum Gasteiger partial charge on any atom is -0.467 e. The molecule has 158 valence electrons. The van der Waals surface area contributed by atoms with Crippen LogP contribution in [0, 0.1) is 5.92 Å². The van der Waals surface area contributed by atoms with Crippen LogP contribution in [0.1, 0.15) is 53.8 Å². The van der Waals surface area contributed by atoms with Gasteiger partial charge in [0.15, 0.2) is 0 Å². The third-order valence-electron chi connectivity index (χ3n) is 5.63. The van der Waals surface area contributed by atoms with Crippen LogP contribution in [0.3, 0.4) is 0 Å². The number of nitrogens with zero attached hydrogens (tertiary/aromatic N) is 1. The lowest BCUT2D eigenvalue weighted by Crippen LogP contribution is -2.46. The summed E-state index contributed by atoms with van der Waals surface area (Å²) in [6.45, 7) is 3.92. The average Bonchev–Trinajstić information content (AvgIpc) is 2.76. The molecule has 2 aromatic carbocycles.